The number of rotatable bonds is 28. The molecule has 1 atom stereocenters. The number of fused-ring (bicyclic) bond motifs is 1. The standard InChI is InChI=1S/C19H40.C14H26.C14H14.C12H12.C9H20.C8H16.C8H10.C7H14.C6H14.C5H12.C4H10/c1-4-7-9-11-12-14-16-18-19(6-3)17-15-13-10-8-5-2;2*1-12(13-8-4-2-5-9-13)14-10-6-3-7-11-14;1-2-10-7-8-11-5-3-4-6-12(11)9-10;1-4-7-8-9(5-2)6-3;2*1-2-8-6-4-3-5-7-8;1-7-5-3-2-4-6-7;1-5-6(2,3)4;1-4-5(2)3;1-4(2)3/h19H,4-18H2,1-3H3;12-14H,2-11H2,1H3;2-12H,1H3;3-9H,2H2,1H3;9H,4-8H2,1-3H3;8H,2-7H2,1H3;3-7H,2H2,1H3;7H,2-6H2,1H3;5H2,1-4H3;5H,4H2,1-3H3;4H,1-3H3. The lowest BCUT2D eigenvalue weighted by Gasteiger charge is -2.35. The SMILES string of the molecule is CC(C)C.CC(C1CCCCC1)C1CCCCC1.CC(c1ccccc1)c1ccccc1.CC1CCCCC1.CCC(C)(C)C.CCC(C)C.CCC1CCCCC1.CCCCC(CC)CC.CCCCCCCCCC(CC)CCCCCCC.CCc1ccc2ccccc2c1.CCc1ccccc1. The van der Waals surface area contributed by atoms with E-state index in [2.05, 4.69) is 280 Å². The van der Waals surface area contributed by atoms with Gasteiger partial charge in [0.25, 0.3) is 0 Å². The van der Waals surface area contributed by atoms with Crippen LogP contribution in [0.25, 0.3) is 10.8 Å². The summed E-state index contributed by atoms with van der Waals surface area (Å²) in [6, 6.07) is 46.8. The van der Waals surface area contributed by atoms with Crippen molar-refractivity contribution in [2.24, 2.45) is 58.7 Å². The largest absolute Gasteiger partial charge is 0.0654 e. The summed E-state index contributed by atoms with van der Waals surface area (Å²) in [5, 5.41) is 2.67. The summed E-state index contributed by atoms with van der Waals surface area (Å²) in [5.74, 6) is 9.57. The summed E-state index contributed by atoms with van der Waals surface area (Å²) in [5.41, 5.74) is 6.11. The molecule has 1 unspecified atom stereocenters. The molecule has 0 bridgehead atoms. The van der Waals surface area contributed by atoms with E-state index < -0.39 is 0 Å². The Bertz CT molecular complexity index is 2400. The Balaban J connectivity index is 0. The summed E-state index contributed by atoms with van der Waals surface area (Å²) in [4.78, 5) is 0. The van der Waals surface area contributed by atoms with Crippen molar-refractivity contribution in [2.75, 3.05) is 0 Å². The van der Waals surface area contributed by atoms with Crippen LogP contribution >= 0.6 is 0 Å². The highest BCUT2D eigenvalue weighted by Gasteiger charge is 2.28. The highest BCUT2D eigenvalue weighted by atomic mass is 14.3. The van der Waals surface area contributed by atoms with Crippen LogP contribution in [0, 0.1) is 58.7 Å². The van der Waals surface area contributed by atoms with Gasteiger partial charge in [0, 0.05) is 5.92 Å². The van der Waals surface area contributed by atoms with Crippen molar-refractivity contribution in [3.8, 4) is 0 Å². The number of hydrogen-bond acceptors (Lipinski definition) is 0. The Kier molecular flexibility index (Phi) is 73.0. The number of unbranched alkanes of at least 4 members (excludes halogenated alkanes) is 11. The van der Waals surface area contributed by atoms with Gasteiger partial charge in [-0.3, -0.25) is 0 Å². The molecule has 0 aliphatic heterocycles. The van der Waals surface area contributed by atoms with Crippen LogP contribution in [-0.2, 0) is 12.8 Å². The predicted molar refractivity (Wildman–Crippen MR) is 490 cm³/mol. The zero-order valence-corrected chi connectivity index (χ0v) is 75.8. The highest BCUT2D eigenvalue weighted by Crippen LogP contribution is 2.40. The number of hydrogen-bond donors (Lipinski definition) is 0. The quantitative estimate of drug-likeness (QED) is 0.0438. The zero-order valence-electron chi connectivity index (χ0n) is 75.8. The first kappa shape index (κ1) is 104. The second kappa shape index (κ2) is 74.1. The van der Waals surface area contributed by atoms with Crippen LogP contribution in [0.5, 0.6) is 0 Å². The minimum atomic E-state index is 0.484. The molecule has 5 aromatic rings. The van der Waals surface area contributed by atoms with Crippen molar-refractivity contribution in [3.05, 3.63) is 156 Å². The van der Waals surface area contributed by atoms with Gasteiger partial charge in [-0.2, -0.15) is 0 Å². The molecule has 0 heterocycles. The Morgan fingerprint density at radius 1 is 0.340 bits per heavy atom. The van der Waals surface area contributed by atoms with Crippen LogP contribution in [0.1, 0.15) is 457 Å². The van der Waals surface area contributed by atoms with Gasteiger partial charge in [-0.05, 0) is 105 Å². The van der Waals surface area contributed by atoms with Gasteiger partial charge in [-0.25, -0.2) is 0 Å². The average Bonchev–Trinajstić information content (AvgIpc) is 0.880. The van der Waals surface area contributed by atoms with E-state index in [1.807, 2.05) is 6.07 Å². The summed E-state index contributed by atoms with van der Waals surface area (Å²) >= 11 is 0. The van der Waals surface area contributed by atoms with E-state index in [1.54, 1.807) is 0 Å². The van der Waals surface area contributed by atoms with Crippen LogP contribution < -0.4 is 0 Å². The van der Waals surface area contributed by atoms with Gasteiger partial charge in [0.15, 0.2) is 0 Å². The van der Waals surface area contributed by atoms with Crippen molar-refractivity contribution in [2.45, 2.75) is 447 Å². The van der Waals surface area contributed by atoms with Gasteiger partial charge >= 0.3 is 0 Å². The van der Waals surface area contributed by atoms with Gasteiger partial charge in [0.05, 0.1) is 0 Å². The van der Waals surface area contributed by atoms with E-state index in [1.165, 1.54) is 309 Å². The van der Waals surface area contributed by atoms with Crippen LogP contribution in [0.3, 0.4) is 0 Å². The maximum absolute atomic E-state index is 2.55. The van der Waals surface area contributed by atoms with Gasteiger partial charge in [0.1, 0.15) is 0 Å². The zero-order chi connectivity index (χ0) is 79.1. The van der Waals surface area contributed by atoms with Crippen molar-refractivity contribution in [3.63, 3.8) is 0 Å². The third-order valence-electron chi connectivity index (χ3n) is 23.6. The van der Waals surface area contributed by atoms with E-state index in [0.717, 1.165) is 66.1 Å². The second-order valence-electron chi connectivity index (χ2n) is 35.4. The van der Waals surface area contributed by atoms with E-state index >= 15 is 0 Å². The molecule has 0 aromatic heterocycles. The Labute approximate surface area is 668 Å². The molecule has 0 nitrogen and oxygen atoms in total. The molecule has 106 heavy (non-hydrogen) atoms. The van der Waals surface area contributed by atoms with E-state index in [4.69, 9.17) is 0 Å². The molecule has 4 aliphatic rings. The summed E-state index contributed by atoms with van der Waals surface area (Å²) < 4.78 is 0. The van der Waals surface area contributed by atoms with Gasteiger partial charge < -0.3 is 0 Å². The van der Waals surface area contributed by atoms with Crippen molar-refractivity contribution in [1.29, 1.82) is 0 Å². The molecule has 4 fully saturated rings. The van der Waals surface area contributed by atoms with Gasteiger partial charge in [-0.15, -0.1) is 0 Å². The van der Waals surface area contributed by atoms with Crippen molar-refractivity contribution >= 4 is 10.8 Å². The first-order chi connectivity index (χ1) is 51.2. The minimum Gasteiger partial charge on any atom is -0.0654 e. The first-order valence-corrected chi connectivity index (χ1v) is 46.8. The molecular formula is C106H188. The topological polar surface area (TPSA) is 0 Å². The Morgan fingerprint density at radius 2 is 0.679 bits per heavy atom. The molecule has 612 valence electrons. The van der Waals surface area contributed by atoms with E-state index in [9.17, 15) is 0 Å². The third-order valence-corrected chi connectivity index (χ3v) is 23.6. The highest BCUT2D eigenvalue weighted by molar-refractivity contribution is 5.83. The number of aryl methyl sites for hydroxylation is 2. The maximum atomic E-state index is 2.55. The molecule has 0 radical (unpaired) electrons. The summed E-state index contributed by atoms with van der Waals surface area (Å²) in [7, 11) is 0. The molecule has 0 heteroatoms. The maximum Gasteiger partial charge on any atom is 0.00610 e. The summed E-state index contributed by atoms with van der Waals surface area (Å²) in [6.07, 6.45) is 65.2. The fourth-order valence-corrected chi connectivity index (χ4v) is 14.6. The van der Waals surface area contributed by atoms with Gasteiger partial charge in [0.2, 0.25) is 0 Å². The van der Waals surface area contributed by atoms with Crippen LogP contribution in [0.15, 0.2) is 133 Å². The molecule has 0 amide bonds. The molecule has 4 aliphatic carbocycles. The molecule has 5 aromatic carbocycles. The predicted octanol–water partition coefficient (Wildman–Crippen LogP) is 37.1. The normalized spacial score (nSPS) is 14.9. The fraction of sp³-hybridized carbons (Fsp3) is 0.736. The summed E-state index contributed by atoms with van der Waals surface area (Å²) in [6.45, 7) is 49.7. The lowest BCUT2D eigenvalue weighted by Crippen LogP contribution is -2.24. The molecule has 9 rings (SSSR count). The van der Waals surface area contributed by atoms with Crippen LogP contribution in [0.4, 0.5) is 0 Å². The average molecular weight is 1460 g/mol. The Hall–Kier alpha value is -3.64. The number of benzene rings is 5. The molecule has 0 saturated heterocycles. The molecule has 4 saturated carbocycles. The molecule has 0 spiro atoms. The monoisotopic (exact) mass is 1460 g/mol. The Morgan fingerprint density at radius 3 is 1.00 bits per heavy atom. The first-order valence-electron chi connectivity index (χ1n) is 46.8. The lowest BCUT2D eigenvalue weighted by atomic mass is 9.71. The van der Waals surface area contributed by atoms with Crippen molar-refractivity contribution in [1.82, 2.24) is 0 Å². The van der Waals surface area contributed by atoms with Crippen LogP contribution in [-0.4, -0.2) is 0 Å². The molecule has 0 N–H and O–H groups in total. The smallest absolute Gasteiger partial charge is 0.00610 e. The third kappa shape index (κ3) is 63.0. The fourth-order valence-electron chi connectivity index (χ4n) is 14.6. The van der Waals surface area contributed by atoms with Crippen LogP contribution in [0.2, 0.25) is 0 Å². The van der Waals surface area contributed by atoms with E-state index in [0.29, 0.717) is 11.3 Å². The molecular weight excluding hydrogens is 1270 g/mol. The van der Waals surface area contributed by atoms with E-state index in [-0.39, 0.29) is 0 Å². The minimum absolute atomic E-state index is 0.484. The van der Waals surface area contributed by atoms with Gasteiger partial charge in [-0.1, -0.05) is 562 Å². The van der Waals surface area contributed by atoms with Crippen molar-refractivity contribution < 1.29 is 0 Å². The lowest BCUT2D eigenvalue weighted by molar-refractivity contribution is 0.159. The second-order valence-corrected chi connectivity index (χ2v) is 35.4.